The normalized spacial score (nSPS) is 10.7. The van der Waals surface area contributed by atoms with Crippen LogP contribution in [0.15, 0.2) is 18.2 Å². The van der Waals surface area contributed by atoms with Crippen molar-refractivity contribution >= 4 is 10.9 Å². The van der Waals surface area contributed by atoms with Gasteiger partial charge in [-0.1, -0.05) is 0 Å². The second-order valence-corrected chi connectivity index (χ2v) is 2.66. The van der Waals surface area contributed by atoms with Crippen LogP contribution in [0.3, 0.4) is 0 Å². The Labute approximate surface area is 73.1 Å². The standard InChI is InChI=1S/C9H7F2NO/c1-13-7-3-2-6-5(9(7)11)4-8(10)12-6/h2-4,12H,1H3. The van der Waals surface area contributed by atoms with Gasteiger partial charge in [-0.15, -0.1) is 0 Å². The number of ether oxygens (including phenoxy) is 1. The van der Waals surface area contributed by atoms with Crippen molar-refractivity contribution in [2.75, 3.05) is 7.11 Å². The van der Waals surface area contributed by atoms with Crippen LogP contribution in [0.1, 0.15) is 0 Å². The van der Waals surface area contributed by atoms with E-state index in [0.717, 1.165) is 6.07 Å². The van der Waals surface area contributed by atoms with Crippen LogP contribution in [0.5, 0.6) is 5.75 Å². The Hall–Kier alpha value is -1.58. The molecule has 0 unspecified atom stereocenters. The molecule has 0 aliphatic rings. The van der Waals surface area contributed by atoms with Crippen LogP contribution in [0.25, 0.3) is 10.9 Å². The lowest BCUT2D eigenvalue weighted by Gasteiger charge is -2.00. The average molecular weight is 183 g/mol. The van der Waals surface area contributed by atoms with E-state index >= 15 is 0 Å². The van der Waals surface area contributed by atoms with Crippen molar-refractivity contribution in [3.63, 3.8) is 0 Å². The molecule has 0 aliphatic carbocycles. The van der Waals surface area contributed by atoms with Crippen molar-refractivity contribution in [1.29, 1.82) is 0 Å². The Morgan fingerprint density at radius 1 is 1.31 bits per heavy atom. The Kier molecular flexibility index (Phi) is 1.69. The highest BCUT2D eigenvalue weighted by Gasteiger charge is 2.09. The van der Waals surface area contributed by atoms with E-state index < -0.39 is 11.8 Å². The summed E-state index contributed by atoms with van der Waals surface area (Å²) in [6.07, 6.45) is 0. The van der Waals surface area contributed by atoms with Crippen molar-refractivity contribution in [3.05, 3.63) is 30.0 Å². The van der Waals surface area contributed by atoms with E-state index in [1.165, 1.54) is 13.2 Å². The van der Waals surface area contributed by atoms with E-state index in [9.17, 15) is 8.78 Å². The first kappa shape index (κ1) is 8.04. The molecule has 68 valence electrons. The lowest BCUT2D eigenvalue weighted by atomic mass is 10.2. The minimum atomic E-state index is -0.554. The van der Waals surface area contributed by atoms with Crippen molar-refractivity contribution in [3.8, 4) is 5.75 Å². The Morgan fingerprint density at radius 2 is 2.08 bits per heavy atom. The highest BCUT2D eigenvalue weighted by Crippen LogP contribution is 2.25. The number of methoxy groups -OCH3 is 1. The molecule has 0 amide bonds. The number of hydrogen-bond acceptors (Lipinski definition) is 1. The summed E-state index contributed by atoms with van der Waals surface area (Å²) in [5.74, 6) is -0.978. The van der Waals surface area contributed by atoms with E-state index in [1.807, 2.05) is 0 Å². The number of aromatic nitrogens is 1. The van der Waals surface area contributed by atoms with Gasteiger partial charge in [-0.25, -0.2) is 4.39 Å². The van der Waals surface area contributed by atoms with E-state index in [2.05, 4.69) is 4.98 Å². The molecule has 0 aliphatic heterocycles. The van der Waals surface area contributed by atoms with Crippen LogP contribution >= 0.6 is 0 Å². The van der Waals surface area contributed by atoms with Crippen LogP contribution in [-0.4, -0.2) is 12.1 Å². The summed E-state index contributed by atoms with van der Waals surface area (Å²) in [4.78, 5) is 2.39. The molecule has 1 aromatic carbocycles. The maximum absolute atomic E-state index is 13.4. The topological polar surface area (TPSA) is 25.0 Å². The lowest BCUT2D eigenvalue weighted by Crippen LogP contribution is -1.87. The molecule has 1 N–H and O–H groups in total. The SMILES string of the molecule is COc1ccc2[nH]c(F)cc2c1F. The molecular formula is C9H7F2NO. The lowest BCUT2D eigenvalue weighted by molar-refractivity contribution is 0.389. The molecule has 4 heteroatoms. The van der Waals surface area contributed by atoms with Gasteiger partial charge in [0.1, 0.15) is 0 Å². The summed E-state index contributed by atoms with van der Waals surface area (Å²) in [6.45, 7) is 0. The quantitative estimate of drug-likeness (QED) is 0.721. The Morgan fingerprint density at radius 3 is 2.77 bits per heavy atom. The molecule has 1 heterocycles. The molecule has 2 rings (SSSR count). The highest BCUT2D eigenvalue weighted by molar-refractivity contribution is 5.81. The monoisotopic (exact) mass is 183 g/mol. The predicted octanol–water partition coefficient (Wildman–Crippen LogP) is 2.45. The fourth-order valence-corrected chi connectivity index (χ4v) is 1.27. The molecule has 0 saturated carbocycles. The number of benzene rings is 1. The van der Waals surface area contributed by atoms with Gasteiger partial charge in [-0.3, -0.25) is 0 Å². The van der Waals surface area contributed by atoms with Crippen LogP contribution < -0.4 is 4.74 Å². The van der Waals surface area contributed by atoms with Gasteiger partial charge >= 0.3 is 0 Å². The number of nitrogens with one attached hydrogen (secondary N) is 1. The second-order valence-electron chi connectivity index (χ2n) is 2.66. The molecule has 2 nitrogen and oxygen atoms in total. The third-order valence-corrected chi connectivity index (χ3v) is 1.89. The molecule has 0 fully saturated rings. The molecule has 0 radical (unpaired) electrons. The smallest absolute Gasteiger partial charge is 0.192 e. The molecule has 1 aromatic heterocycles. The van der Waals surface area contributed by atoms with Gasteiger partial charge < -0.3 is 9.72 Å². The minimum absolute atomic E-state index is 0.117. The zero-order valence-corrected chi connectivity index (χ0v) is 6.90. The third kappa shape index (κ3) is 1.14. The van der Waals surface area contributed by atoms with E-state index in [4.69, 9.17) is 4.74 Å². The van der Waals surface area contributed by atoms with E-state index in [1.54, 1.807) is 6.07 Å². The van der Waals surface area contributed by atoms with Gasteiger partial charge in [0, 0.05) is 11.5 Å². The second kappa shape index (κ2) is 2.73. The van der Waals surface area contributed by atoms with Gasteiger partial charge in [0.25, 0.3) is 0 Å². The van der Waals surface area contributed by atoms with Crippen LogP contribution in [0, 0.1) is 11.8 Å². The number of fused-ring (bicyclic) bond motifs is 1. The molecular weight excluding hydrogens is 176 g/mol. The van der Waals surface area contributed by atoms with Crippen molar-refractivity contribution in [2.45, 2.75) is 0 Å². The summed E-state index contributed by atoms with van der Waals surface area (Å²) in [5.41, 5.74) is 0.427. The number of hydrogen-bond donors (Lipinski definition) is 1. The van der Waals surface area contributed by atoms with Crippen molar-refractivity contribution < 1.29 is 13.5 Å². The summed E-state index contributed by atoms with van der Waals surface area (Å²) < 4.78 is 30.8. The maximum Gasteiger partial charge on any atom is 0.192 e. The van der Waals surface area contributed by atoms with Gasteiger partial charge in [0.05, 0.1) is 12.6 Å². The number of halogens is 2. The molecule has 0 bridgehead atoms. The Bertz CT molecular complexity index is 450. The van der Waals surface area contributed by atoms with E-state index in [0.29, 0.717) is 5.52 Å². The largest absolute Gasteiger partial charge is 0.494 e. The van der Waals surface area contributed by atoms with Gasteiger partial charge in [0.2, 0.25) is 0 Å². The molecule has 0 atom stereocenters. The van der Waals surface area contributed by atoms with Gasteiger partial charge in [0.15, 0.2) is 17.5 Å². The zero-order chi connectivity index (χ0) is 9.42. The Balaban J connectivity index is 2.78. The van der Waals surface area contributed by atoms with Crippen molar-refractivity contribution in [1.82, 2.24) is 4.98 Å². The summed E-state index contributed by atoms with van der Waals surface area (Å²) in [7, 11) is 1.37. The molecule has 13 heavy (non-hydrogen) atoms. The fraction of sp³-hybridized carbons (Fsp3) is 0.111. The summed E-state index contributed by atoms with van der Waals surface area (Å²) >= 11 is 0. The average Bonchev–Trinajstić information content (AvgIpc) is 2.47. The molecule has 0 saturated heterocycles. The predicted molar refractivity (Wildman–Crippen MR) is 44.8 cm³/mol. The zero-order valence-electron chi connectivity index (χ0n) is 6.90. The van der Waals surface area contributed by atoms with Crippen LogP contribution in [0.2, 0.25) is 0 Å². The summed E-state index contributed by atoms with van der Waals surface area (Å²) in [6, 6.07) is 4.13. The molecule has 0 spiro atoms. The number of aromatic amines is 1. The minimum Gasteiger partial charge on any atom is -0.494 e. The van der Waals surface area contributed by atoms with E-state index in [-0.39, 0.29) is 11.1 Å². The maximum atomic E-state index is 13.4. The fourth-order valence-electron chi connectivity index (χ4n) is 1.27. The van der Waals surface area contributed by atoms with Crippen molar-refractivity contribution in [2.24, 2.45) is 0 Å². The first-order valence-electron chi connectivity index (χ1n) is 3.73. The summed E-state index contributed by atoms with van der Waals surface area (Å²) in [5, 5.41) is 0.205. The first-order valence-corrected chi connectivity index (χ1v) is 3.73. The first-order chi connectivity index (χ1) is 6.22. The highest BCUT2D eigenvalue weighted by atomic mass is 19.1. The number of H-pyrrole nitrogens is 1. The van der Waals surface area contributed by atoms with Crippen LogP contribution in [-0.2, 0) is 0 Å². The molecule has 2 aromatic rings. The van der Waals surface area contributed by atoms with Gasteiger partial charge in [-0.2, -0.15) is 4.39 Å². The number of rotatable bonds is 1. The van der Waals surface area contributed by atoms with Crippen LogP contribution in [0.4, 0.5) is 8.78 Å². The third-order valence-electron chi connectivity index (χ3n) is 1.89. The van der Waals surface area contributed by atoms with Gasteiger partial charge in [-0.05, 0) is 12.1 Å².